The average Bonchev–Trinajstić information content (AvgIpc) is 2.83. The maximum atomic E-state index is 14.1. The highest BCUT2D eigenvalue weighted by atomic mass is 16.6. The molecule has 0 saturated carbocycles. The van der Waals surface area contributed by atoms with E-state index in [9.17, 15) is 19.2 Å². The zero-order valence-corrected chi connectivity index (χ0v) is 25.7. The van der Waals surface area contributed by atoms with Gasteiger partial charge in [0.25, 0.3) is 0 Å². The Morgan fingerprint density at radius 2 is 1.46 bits per heavy atom. The molecule has 2 aromatic rings. The lowest BCUT2D eigenvalue weighted by Gasteiger charge is -2.36. The number of alkyl carbamates (subject to hydrolysis) is 1. The van der Waals surface area contributed by atoms with Gasteiger partial charge in [-0.2, -0.15) is 0 Å². The van der Waals surface area contributed by atoms with Crippen molar-refractivity contribution >= 4 is 23.9 Å². The number of ether oxygens (including phenoxy) is 2. The van der Waals surface area contributed by atoms with Gasteiger partial charge in [0.05, 0.1) is 0 Å². The molecule has 9 nitrogen and oxygen atoms in total. The summed E-state index contributed by atoms with van der Waals surface area (Å²) in [5, 5.41) is 5.36. The Labute approximate surface area is 244 Å². The Bertz CT molecular complexity index is 1200. The van der Waals surface area contributed by atoms with Gasteiger partial charge in [0.1, 0.15) is 29.8 Å². The molecule has 2 rings (SSSR count). The number of nitrogens with one attached hydrogen (secondary N) is 2. The van der Waals surface area contributed by atoms with Crippen LogP contribution >= 0.6 is 0 Å². The quantitative estimate of drug-likeness (QED) is 0.396. The van der Waals surface area contributed by atoms with Gasteiger partial charge in [0, 0.05) is 12.5 Å². The van der Waals surface area contributed by atoms with Gasteiger partial charge in [-0.25, -0.2) is 9.59 Å². The fourth-order valence-corrected chi connectivity index (χ4v) is 4.23. The van der Waals surface area contributed by atoms with Crippen molar-refractivity contribution in [3.63, 3.8) is 0 Å². The number of aryl methyl sites for hydroxylation is 1. The van der Waals surface area contributed by atoms with E-state index in [2.05, 4.69) is 10.6 Å². The standard InChI is InChI=1S/C32H45N3O6/c1-21(2)35(26(36)20-33-30(39)41-32(7,8)9)27(24-17-13-14-22(3)18-24)28(37)34-25(29(38)40-31(4,5)6)19-23-15-11-10-12-16-23/h10-18,21,25,27H,19-20H2,1-9H3,(H,33,39)(H,34,37). The third kappa shape index (κ3) is 11.3. The summed E-state index contributed by atoms with van der Waals surface area (Å²) in [6, 6.07) is 14.1. The van der Waals surface area contributed by atoms with E-state index >= 15 is 0 Å². The van der Waals surface area contributed by atoms with Gasteiger partial charge in [0.2, 0.25) is 11.8 Å². The van der Waals surface area contributed by atoms with Crippen LogP contribution < -0.4 is 10.6 Å². The number of hydrogen-bond acceptors (Lipinski definition) is 6. The van der Waals surface area contributed by atoms with Gasteiger partial charge in [-0.15, -0.1) is 0 Å². The number of benzene rings is 2. The maximum Gasteiger partial charge on any atom is 0.408 e. The summed E-state index contributed by atoms with van der Waals surface area (Å²) in [7, 11) is 0. The van der Waals surface area contributed by atoms with Gasteiger partial charge in [-0.1, -0.05) is 60.2 Å². The van der Waals surface area contributed by atoms with E-state index in [1.165, 1.54) is 4.90 Å². The Balaban J connectivity index is 2.44. The molecule has 2 N–H and O–H groups in total. The molecule has 0 bridgehead atoms. The predicted molar refractivity (Wildman–Crippen MR) is 158 cm³/mol. The minimum atomic E-state index is -1.08. The number of amides is 3. The Hall–Kier alpha value is -3.88. The number of carbonyl (C=O) groups is 4. The van der Waals surface area contributed by atoms with Crippen molar-refractivity contribution in [1.82, 2.24) is 15.5 Å². The van der Waals surface area contributed by atoms with E-state index in [0.717, 1.165) is 11.1 Å². The van der Waals surface area contributed by atoms with Crippen LogP contribution in [0.15, 0.2) is 54.6 Å². The first-order valence-corrected chi connectivity index (χ1v) is 13.9. The lowest BCUT2D eigenvalue weighted by atomic mass is 9.99. The van der Waals surface area contributed by atoms with Crippen LogP contribution in [-0.2, 0) is 30.3 Å². The summed E-state index contributed by atoms with van der Waals surface area (Å²) < 4.78 is 10.9. The van der Waals surface area contributed by atoms with Crippen molar-refractivity contribution in [2.45, 2.75) is 98.1 Å². The highest BCUT2D eigenvalue weighted by Gasteiger charge is 2.36. The van der Waals surface area contributed by atoms with E-state index in [1.54, 1.807) is 61.5 Å². The molecule has 0 aromatic heterocycles. The second-order valence-corrected chi connectivity index (χ2v) is 12.4. The molecule has 0 saturated heterocycles. The summed E-state index contributed by atoms with van der Waals surface area (Å²) in [6.45, 7) is 15.6. The van der Waals surface area contributed by atoms with Crippen molar-refractivity contribution < 1.29 is 28.7 Å². The van der Waals surface area contributed by atoms with Gasteiger partial charge in [-0.3, -0.25) is 9.59 Å². The van der Waals surface area contributed by atoms with Gasteiger partial charge < -0.3 is 25.0 Å². The molecule has 2 atom stereocenters. The minimum Gasteiger partial charge on any atom is -0.458 e. The van der Waals surface area contributed by atoms with Crippen LogP contribution in [0.1, 0.15) is 78.1 Å². The van der Waals surface area contributed by atoms with E-state index in [1.807, 2.05) is 55.5 Å². The van der Waals surface area contributed by atoms with Crippen LogP contribution in [0.5, 0.6) is 0 Å². The Kier molecular flexibility index (Phi) is 11.5. The zero-order valence-electron chi connectivity index (χ0n) is 25.7. The van der Waals surface area contributed by atoms with E-state index in [-0.39, 0.29) is 13.0 Å². The summed E-state index contributed by atoms with van der Waals surface area (Å²) in [5.41, 5.74) is 0.819. The Morgan fingerprint density at radius 1 is 0.854 bits per heavy atom. The molecule has 2 unspecified atom stereocenters. The molecule has 0 fully saturated rings. The molecule has 0 aliphatic rings. The minimum absolute atomic E-state index is 0.206. The van der Waals surface area contributed by atoms with Crippen molar-refractivity contribution in [2.75, 3.05) is 6.54 Å². The highest BCUT2D eigenvalue weighted by Crippen LogP contribution is 2.25. The van der Waals surface area contributed by atoms with Crippen LogP contribution in [0.3, 0.4) is 0 Å². The topological polar surface area (TPSA) is 114 Å². The first-order chi connectivity index (χ1) is 19.0. The van der Waals surface area contributed by atoms with E-state index in [0.29, 0.717) is 5.56 Å². The highest BCUT2D eigenvalue weighted by molar-refractivity contribution is 5.93. The molecule has 0 radical (unpaired) electrons. The summed E-state index contributed by atoms with van der Waals surface area (Å²) in [6.07, 6.45) is -0.531. The molecule has 0 aliphatic carbocycles. The second-order valence-electron chi connectivity index (χ2n) is 12.4. The normalized spacial score (nSPS) is 13.1. The molecule has 9 heteroatoms. The van der Waals surface area contributed by atoms with Gasteiger partial charge in [0.15, 0.2) is 0 Å². The van der Waals surface area contributed by atoms with Crippen LogP contribution in [-0.4, -0.2) is 58.6 Å². The fraction of sp³-hybridized carbons (Fsp3) is 0.500. The third-order valence-corrected chi connectivity index (χ3v) is 5.80. The average molecular weight is 568 g/mol. The lowest BCUT2D eigenvalue weighted by Crippen LogP contribution is -2.53. The van der Waals surface area contributed by atoms with Crippen molar-refractivity contribution in [2.24, 2.45) is 0 Å². The second kappa shape index (κ2) is 14.1. The first kappa shape index (κ1) is 33.3. The molecule has 224 valence electrons. The Morgan fingerprint density at radius 3 is 2.00 bits per heavy atom. The van der Waals surface area contributed by atoms with Crippen LogP contribution in [0.2, 0.25) is 0 Å². The monoisotopic (exact) mass is 567 g/mol. The molecule has 0 heterocycles. The fourth-order valence-electron chi connectivity index (χ4n) is 4.23. The number of rotatable bonds is 10. The third-order valence-electron chi connectivity index (χ3n) is 5.80. The van der Waals surface area contributed by atoms with E-state index < -0.39 is 53.2 Å². The van der Waals surface area contributed by atoms with Crippen LogP contribution in [0.4, 0.5) is 4.79 Å². The molecular weight excluding hydrogens is 522 g/mol. The zero-order chi connectivity index (χ0) is 31.0. The van der Waals surface area contributed by atoms with Crippen LogP contribution in [0, 0.1) is 6.92 Å². The number of carbonyl (C=O) groups excluding carboxylic acids is 4. The van der Waals surface area contributed by atoms with Crippen molar-refractivity contribution in [3.05, 3.63) is 71.3 Å². The SMILES string of the molecule is Cc1cccc(C(C(=O)NC(Cc2ccccc2)C(=O)OC(C)(C)C)N(C(=O)CNC(=O)OC(C)(C)C)C(C)C)c1. The van der Waals surface area contributed by atoms with Crippen molar-refractivity contribution in [3.8, 4) is 0 Å². The summed E-state index contributed by atoms with van der Waals surface area (Å²) >= 11 is 0. The van der Waals surface area contributed by atoms with Crippen molar-refractivity contribution in [1.29, 1.82) is 0 Å². The number of hydrogen-bond donors (Lipinski definition) is 2. The first-order valence-electron chi connectivity index (χ1n) is 13.9. The molecule has 41 heavy (non-hydrogen) atoms. The predicted octanol–water partition coefficient (Wildman–Crippen LogP) is 4.87. The molecule has 0 spiro atoms. The van der Waals surface area contributed by atoms with E-state index in [4.69, 9.17) is 9.47 Å². The molecule has 0 aliphatic heterocycles. The molecule has 3 amide bonds. The largest absolute Gasteiger partial charge is 0.458 e. The number of nitrogens with zero attached hydrogens (tertiary/aromatic N) is 1. The lowest BCUT2D eigenvalue weighted by molar-refractivity contribution is -0.159. The van der Waals surface area contributed by atoms with Gasteiger partial charge >= 0.3 is 12.1 Å². The number of esters is 1. The van der Waals surface area contributed by atoms with Crippen LogP contribution in [0.25, 0.3) is 0 Å². The molecule has 2 aromatic carbocycles. The maximum absolute atomic E-state index is 14.1. The summed E-state index contributed by atoms with van der Waals surface area (Å²) in [4.78, 5) is 54.5. The molecular formula is C32H45N3O6. The summed E-state index contributed by atoms with van der Waals surface area (Å²) in [5.74, 6) is -1.60. The smallest absolute Gasteiger partial charge is 0.408 e. The van der Waals surface area contributed by atoms with Gasteiger partial charge in [-0.05, 0) is 73.4 Å².